The summed E-state index contributed by atoms with van der Waals surface area (Å²) in [6.07, 6.45) is 1.04. The highest BCUT2D eigenvalue weighted by molar-refractivity contribution is 6.31. The molecule has 0 saturated heterocycles. The Morgan fingerprint density at radius 2 is 1.88 bits per heavy atom. The third kappa shape index (κ3) is 3.05. The zero-order valence-electron chi connectivity index (χ0n) is 14.3. The zero-order chi connectivity index (χ0) is 17.4. The average Bonchev–Trinajstić information content (AvgIpc) is 3.03. The van der Waals surface area contributed by atoms with Crippen LogP contribution in [0, 0.1) is 13.8 Å². The molecule has 1 aliphatic heterocycles. The number of fused-ring (bicyclic) bond motifs is 1. The van der Waals surface area contributed by atoms with Gasteiger partial charge in [-0.25, -0.2) is 9.97 Å². The molecule has 0 spiro atoms. The van der Waals surface area contributed by atoms with Crippen LogP contribution in [0.15, 0.2) is 48.5 Å². The van der Waals surface area contributed by atoms with Gasteiger partial charge in [0.2, 0.25) is 0 Å². The topological polar surface area (TPSA) is 41.1 Å². The van der Waals surface area contributed by atoms with Gasteiger partial charge in [0.15, 0.2) is 0 Å². The smallest absolute Gasteiger partial charge is 0.138 e. The zero-order valence-corrected chi connectivity index (χ0v) is 15.0. The van der Waals surface area contributed by atoms with Crippen LogP contribution < -0.4 is 10.2 Å². The Kier molecular flexibility index (Phi) is 4.06. The Labute approximate surface area is 152 Å². The molecule has 1 aromatic heterocycles. The molecule has 4 rings (SSSR count). The summed E-state index contributed by atoms with van der Waals surface area (Å²) in [6, 6.07) is 16.3. The number of nitrogens with zero attached hydrogens (tertiary/aromatic N) is 3. The maximum absolute atomic E-state index is 6.22. The van der Waals surface area contributed by atoms with E-state index in [0.29, 0.717) is 0 Å². The predicted octanol–water partition coefficient (Wildman–Crippen LogP) is 5.18. The third-order valence-corrected chi connectivity index (χ3v) is 4.93. The maximum atomic E-state index is 6.22. The lowest BCUT2D eigenvalue weighted by Crippen LogP contribution is -2.16. The summed E-state index contributed by atoms with van der Waals surface area (Å²) >= 11 is 6.22. The molecular weight excluding hydrogens is 332 g/mol. The van der Waals surface area contributed by atoms with E-state index in [1.54, 1.807) is 0 Å². The van der Waals surface area contributed by atoms with Gasteiger partial charge in [-0.2, -0.15) is 0 Å². The van der Waals surface area contributed by atoms with E-state index < -0.39 is 0 Å². The molecule has 0 bridgehead atoms. The van der Waals surface area contributed by atoms with Crippen molar-refractivity contribution in [2.75, 3.05) is 16.8 Å². The Morgan fingerprint density at radius 1 is 1.04 bits per heavy atom. The number of aryl methyl sites for hydroxylation is 1. The minimum absolute atomic E-state index is 0.740. The van der Waals surface area contributed by atoms with Gasteiger partial charge < -0.3 is 10.2 Å². The summed E-state index contributed by atoms with van der Waals surface area (Å²) < 4.78 is 0. The maximum Gasteiger partial charge on any atom is 0.138 e. The number of aromatic nitrogens is 2. The van der Waals surface area contributed by atoms with Crippen molar-refractivity contribution in [3.05, 3.63) is 70.5 Å². The molecule has 1 aliphatic rings. The summed E-state index contributed by atoms with van der Waals surface area (Å²) in [7, 11) is 0. The van der Waals surface area contributed by atoms with Crippen molar-refractivity contribution in [1.29, 1.82) is 0 Å². The molecule has 0 saturated carbocycles. The fourth-order valence-electron chi connectivity index (χ4n) is 3.21. The van der Waals surface area contributed by atoms with E-state index in [2.05, 4.69) is 44.5 Å². The summed E-state index contributed by atoms with van der Waals surface area (Å²) in [6.45, 7) is 4.85. The molecule has 2 heterocycles. The SMILES string of the molecule is Cc1nc(Nc2cccc(Cl)c2C)cc(N2CCc3ccccc32)n1. The van der Waals surface area contributed by atoms with Gasteiger partial charge in [-0.15, -0.1) is 0 Å². The summed E-state index contributed by atoms with van der Waals surface area (Å²) in [4.78, 5) is 11.4. The first-order valence-electron chi connectivity index (χ1n) is 8.35. The fourth-order valence-corrected chi connectivity index (χ4v) is 3.39. The Bertz CT molecular complexity index is 939. The second-order valence-electron chi connectivity index (χ2n) is 6.23. The summed E-state index contributed by atoms with van der Waals surface area (Å²) in [5, 5.41) is 4.12. The molecule has 0 fully saturated rings. The Balaban J connectivity index is 1.69. The van der Waals surface area contributed by atoms with Gasteiger partial charge in [0.05, 0.1) is 0 Å². The predicted molar refractivity (Wildman–Crippen MR) is 103 cm³/mol. The number of benzene rings is 2. The fraction of sp³-hybridized carbons (Fsp3) is 0.200. The number of hydrogen-bond donors (Lipinski definition) is 1. The van der Waals surface area contributed by atoms with Crippen LogP contribution >= 0.6 is 11.6 Å². The molecule has 126 valence electrons. The number of hydrogen-bond acceptors (Lipinski definition) is 4. The van der Waals surface area contributed by atoms with E-state index in [0.717, 1.165) is 46.7 Å². The molecule has 25 heavy (non-hydrogen) atoms. The highest BCUT2D eigenvalue weighted by Gasteiger charge is 2.21. The van der Waals surface area contributed by atoms with Crippen LogP contribution in [0.3, 0.4) is 0 Å². The third-order valence-electron chi connectivity index (χ3n) is 4.52. The molecule has 4 nitrogen and oxygen atoms in total. The van der Waals surface area contributed by atoms with Crippen molar-refractivity contribution in [2.24, 2.45) is 0 Å². The van der Waals surface area contributed by atoms with Gasteiger partial charge in [0, 0.05) is 29.0 Å². The van der Waals surface area contributed by atoms with Crippen LogP contribution in [0.4, 0.5) is 23.0 Å². The Hall–Kier alpha value is -2.59. The van der Waals surface area contributed by atoms with Crippen molar-refractivity contribution in [3.63, 3.8) is 0 Å². The first-order valence-corrected chi connectivity index (χ1v) is 8.73. The molecule has 2 aromatic carbocycles. The van der Waals surface area contributed by atoms with Crippen LogP contribution in [0.25, 0.3) is 0 Å². The Morgan fingerprint density at radius 3 is 2.76 bits per heavy atom. The molecule has 0 radical (unpaired) electrons. The van der Waals surface area contributed by atoms with E-state index >= 15 is 0 Å². The van der Waals surface area contributed by atoms with Crippen molar-refractivity contribution in [1.82, 2.24) is 9.97 Å². The standard InChI is InChI=1S/C20H19ClN4/c1-13-16(21)7-5-8-17(13)24-19-12-20(23-14(2)22-19)25-11-10-15-6-3-4-9-18(15)25/h3-9,12H,10-11H2,1-2H3,(H,22,23,24). The van der Waals surface area contributed by atoms with Crippen LogP contribution in [0.2, 0.25) is 5.02 Å². The molecule has 0 unspecified atom stereocenters. The van der Waals surface area contributed by atoms with E-state index in [-0.39, 0.29) is 0 Å². The molecule has 3 aromatic rings. The number of nitrogens with one attached hydrogen (secondary N) is 1. The molecule has 0 atom stereocenters. The number of rotatable bonds is 3. The quantitative estimate of drug-likeness (QED) is 0.706. The lowest BCUT2D eigenvalue weighted by molar-refractivity contribution is 0.946. The molecular formula is C20H19ClN4. The van der Waals surface area contributed by atoms with Crippen LogP contribution in [0.1, 0.15) is 17.0 Å². The van der Waals surface area contributed by atoms with E-state index in [1.165, 1.54) is 11.3 Å². The summed E-state index contributed by atoms with van der Waals surface area (Å²) in [5.74, 6) is 2.43. The highest BCUT2D eigenvalue weighted by atomic mass is 35.5. The van der Waals surface area contributed by atoms with Gasteiger partial charge in [-0.1, -0.05) is 35.9 Å². The first kappa shape index (κ1) is 15.9. The molecule has 1 N–H and O–H groups in total. The van der Waals surface area contributed by atoms with Gasteiger partial charge in [-0.3, -0.25) is 0 Å². The number of halogens is 1. The number of anilines is 4. The van der Waals surface area contributed by atoms with Crippen molar-refractivity contribution in [2.45, 2.75) is 20.3 Å². The van der Waals surface area contributed by atoms with E-state index in [4.69, 9.17) is 11.6 Å². The molecule has 0 aliphatic carbocycles. The minimum Gasteiger partial charge on any atom is -0.340 e. The van der Waals surface area contributed by atoms with Crippen LogP contribution in [-0.2, 0) is 6.42 Å². The van der Waals surface area contributed by atoms with Crippen molar-refractivity contribution >= 4 is 34.6 Å². The average molecular weight is 351 g/mol. The number of para-hydroxylation sites is 1. The summed E-state index contributed by atoms with van der Waals surface area (Å²) in [5.41, 5.74) is 4.55. The highest BCUT2D eigenvalue weighted by Crippen LogP contribution is 2.34. The van der Waals surface area contributed by atoms with Gasteiger partial charge in [-0.05, 0) is 49.6 Å². The largest absolute Gasteiger partial charge is 0.340 e. The van der Waals surface area contributed by atoms with Gasteiger partial charge in [0.1, 0.15) is 17.5 Å². The first-order chi connectivity index (χ1) is 12.1. The molecule has 5 heteroatoms. The van der Waals surface area contributed by atoms with Gasteiger partial charge >= 0.3 is 0 Å². The van der Waals surface area contributed by atoms with Crippen LogP contribution in [0.5, 0.6) is 0 Å². The normalized spacial score (nSPS) is 13.0. The van der Waals surface area contributed by atoms with Gasteiger partial charge in [0.25, 0.3) is 0 Å². The van der Waals surface area contributed by atoms with Crippen LogP contribution in [-0.4, -0.2) is 16.5 Å². The van der Waals surface area contributed by atoms with E-state index in [9.17, 15) is 0 Å². The minimum atomic E-state index is 0.740. The second-order valence-corrected chi connectivity index (χ2v) is 6.63. The lowest BCUT2D eigenvalue weighted by Gasteiger charge is -2.20. The van der Waals surface area contributed by atoms with Crippen molar-refractivity contribution < 1.29 is 0 Å². The monoisotopic (exact) mass is 350 g/mol. The molecule has 0 amide bonds. The van der Waals surface area contributed by atoms with E-state index in [1.807, 2.05) is 38.1 Å². The second kappa shape index (κ2) is 6.37. The van der Waals surface area contributed by atoms with Crippen molar-refractivity contribution in [3.8, 4) is 0 Å². The lowest BCUT2D eigenvalue weighted by atomic mass is 10.2.